The van der Waals surface area contributed by atoms with E-state index in [4.69, 9.17) is 11.6 Å². The van der Waals surface area contributed by atoms with E-state index in [-0.39, 0.29) is 18.1 Å². The molecule has 0 fully saturated rings. The van der Waals surface area contributed by atoms with Gasteiger partial charge in [0.25, 0.3) is 0 Å². The average molecular weight is 292 g/mol. The van der Waals surface area contributed by atoms with Crippen molar-refractivity contribution in [2.24, 2.45) is 0 Å². The average Bonchev–Trinajstić information content (AvgIpc) is 2.44. The summed E-state index contributed by atoms with van der Waals surface area (Å²) in [6.45, 7) is 0.523. The monoisotopic (exact) mass is 291 g/mol. The Morgan fingerprint density at radius 1 is 1.10 bits per heavy atom. The van der Waals surface area contributed by atoms with Gasteiger partial charge in [0.1, 0.15) is 5.82 Å². The first kappa shape index (κ1) is 14.5. The molecular formula is C16H15ClFNO. The summed E-state index contributed by atoms with van der Waals surface area (Å²) in [7, 11) is 0. The lowest BCUT2D eigenvalue weighted by Gasteiger charge is -2.06. The summed E-state index contributed by atoms with van der Waals surface area (Å²) in [6.07, 6.45) is 0.785. The number of hydrogen-bond acceptors (Lipinski definition) is 1. The Morgan fingerprint density at radius 2 is 1.80 bits per heavy atom. The molecule has 0 saturated carbocycles. The number of rotatable bonds is 5. The van der Waals surface area contributed by atoms with E-state index >= 15 is 0 Å². The lowest BCUT2D eigenvalue weighted by atomic mass is 10.1. The van der Waals surface area contributed by atoms with Gasteiger partial charge in [-0.3, -0.25) is 4.79 Å². The van der Waals surface area contributed by atoms with Gasteiger partial charge in [0, 0.05) is 11.6 Å². The minimum atomic E-state index is -0.347. The summed E-state index contributed by atoms with van der Waals surface area (Å²) in [5.74, 6) is -0.524. The third-order valence-corrected chi connectivity index (χ3v) is 3.21. The van der Waals surface area contributed by atoms with E-state index in [0.29, 0.717) is 17.1 Å². The van der Waals surface area contributed by atoms with Crippen LogP contribution in [0.5, 0.6) is 0 Å². The molecule has 0 aliphatic carbocycles. The number of benzene rings is 2. The van der Waals surface area contributed by atoms with Crippen molar-refractivity contribution in [3.05, 3.63) is 70.5 Å². The molecule has 104 valence electrons. The Balaban J connectivity index is 1.78. The van der Waals surface area contributed by atoms with Crippen LogP contribution in [0.2, 0.25) is 5.02 Å². The highest BCUT2D eigenvalue weighted by molar-refractivity contribution is 6.30. The van der Waals surface area contributed by atoms with Crippen molar-refractivity contribution in [2.75, 3.05) is 6.54 Å². The normalized spacial score (nSPS) is 10.3. The van der Waals surface area contributed by atoms with E-state index in [1.807, 2.05) is 24.3 Å². The highest BCUT2D eigenvalue weighted by Gasteiger charge is 2.06. The van der Waals surface area contributed by atoms with Crippen LogP contribution in [0.1, 0.15) is 11.1 Å². The van der Waals surface area contributed by atoms with E-state index in [2.05, 4.69) is 5.32 Å². The summed E-state index contributed by atoms with van der Waals surface area (Å²) in [5, 5.41) is 3.47. The van der Waals surface area contributed by atoms with Crippen molar-refractivity contribution in [2.45, 2.75) is 12.8 Å². The van der Waals surface area contributed by atoms with E-state index in [1.165, 1.54) is 6.07 Å². The van der Waals surface area contributed by atoms with Crippen LogP contribution >= 0.6 is 11.6 Å². The molecule has 0 heterocycles. The van der Waals surface area contributed by atoms with Gasteiger partial charge in [0.15, 0.2) is 0 Å². The van der Waals surface area contributed by atoms with Crippen LogP contribution in [0, 0.1) is 5.82 Å². The van der Waals surface area contributed by atoms with Crippen LogP contribution in [-0.4, -0.2) is 12.5 Å². The molecule has 0 bridgehead atoms. The summed E-state index contributed by atoms with van der Waals surface area (Å²) < 4.78 is 13.4. The maximum atomic E-state index is 13.4. The molecule has 0 aliphatic heterocycles. The zero-order valence-corrected chi connectivity index (χ0v) is 11.7. The smallest absolute Gasteiger partial charge is 0.224 e. The predicted octanol–water partition coefficient (Wildman–Crippen LogP) is 3.38. The molecule has 2 nitrogen and oxygen atoms in total. The molecule has 0 radical (unpaired) electrons. The third kappa shape index (κ3) is 4.35. The quantitative estimate of drug-likeness (QED) is 0.899. The number of carbonyl (C=O) groups is 1. The summed E-state index contributed by atoms with van der Waals surface area (Å²) >= 11 is 5.80. The Labute approximate surface area is 122 Å². The molecule has 0 aromatic heterocycles. The molecule has 0 aliphatic rings. The van der Waals surface area contributed by atoms with Crippen molar-refractivity contribution >= 4 is 17.5 Å². The molecule has 20 heavy (non-hydrogen) atoms. The first-order chi connectivity index (χ1) is 9.65. The zero-order chi connectivity index (χ0) is 14.4. The Hall–Kier alpha value is -1.87. The molecule has 0 saturated heterocycles. The number of halogens is 2. The van der Waals surface area contributed by atoms with Crippen LogP contribution < -0.4 is 5.32 Å². The second-order valence-corrected chi connectivity index (χ2v) is 4.93. The van der Waals surface area contributed by atoms with Crippen molar-refractivity contribution in [1.29, 1.82) is 0 Å². The molecule has 0 atom stereocenters. The molecule has 0 spiro atoms. The minimum absolute atomic E-state index is 0.0628. The summed E-state index contributed by atoms with van der Waals surface area (Å²) in [5.41, 5.74) is 1.51. The largest absolute Gasteiger partial charge is 0.355 e. The van der Waals surface area contributed by atoms with Crippen LogP contribution in [0.15, 0.2) is 48.5 Å². The highest BCUT2D eigenvalue weighted by Crippen LogP contribution is 2.10. The Morgan fingerprint density at radius 3 is 2.50 bits per heavy atom. The first-order valence-electron chi connectivity index (χ1n) is 6.40. The van der Waals surface area contributed by atoms with Crippen LogP contribution in [0.4, 0.5) is 4.39 Å². The molecular weight excluding hydrogens is 277 g/mol. The second-order valence-electron chi connectivity index (χ2n) is 4.49. The lowest BCUT2D eigenvalue weighted by Crippen LogP contribution is -2.27. The zero-order valence-electron chi connectivity index (χ0n) is 10.9. The number of amides is 1. The SMILES string of the molecule is O=C(Cc1ccccc1F)NCCc1ccc(Cl)cc1. The van der Waals surface area contributed by atoms with E-state index in [0.717, 1.165) is 12.0 Å². The van der Waals surface area contributed by atoms with Gasteiger partial charge in [0.05, 0.1) is 6.42 Å². The lowest BCUT2D eigenvalue weighted by molar-refractivity contribution is -0.120. The number of nitrogens with one attached hydrogen (secondary N) is 1. The fraction of sp³-hybridized carbons (Fsp3) is 0.188. The van der Waals surface area contributed by atoms with Gasteiger partial charge in [-0.25, -0.2) is 4.39 Å². The van der Waals surface area contributed by atoms with Gasteiger partial charge in [-0.1, -0.05) is 41.9 Å². The number of carbonyl (C=O) groups excluding carboxylic acids is 1. The van der Waals surface area contributed by atoms with Gasteiger partial charge >= 0.3 is 0 Å². The highest BCUT2D eigenvalue weighted by atomic mass is 35.5. The van der Waals surface area contributed by atoms with Gasteiger partial charge in [-0.2, -0.15) is 0 Å². The van der Waals surface area contributed by atoms with E-state index in [9.17, 15) is 9.18 Å². The first-order valence-corrected chi connectivity index (χ1v) is 6.77. The van der Waals surface area contributed by atoms with Gasteiger partial charge in [-0.05, 0) is 35.7 Å². The molecule has 1 N–H and O–H groups in total. The van der Waals surface area contributed by atoms with E-state index in [1.54, 1.807) is 18.2 Å². The fourth-order valence-electron chi connectivity index (χ4n) is 1.87. The molecule has 4 heteroatoms. The topological polar surface area (TPSA) is 29.1 Å². The van der Waals surface area contributed by atoms with Gasteiger partial charge in [0.2, 0.25) is 5.91 Å². The third-order valence-electron chi connectivity index (χ3n) is 2.96. The van der Waals surface area contributed by atoms with Crippen molar-refractivity contribution in [3.63, 3.8) is 0 Å². The Bertz CT molecular complexity index is 583. The molecule has 2 rings (SSSR count). The predicted molar refractivity (Wildman–Crippen MR) is 78.3 cm³/mol. The summed E-state index contributed by atoms with van der Waals surface area (Å²) in [6, 6.07) is 13.8. The van der Waals surface area contributed by atoms with Gasteiger partial charge < -0.3 is 5.32 Å². The van der Waals surface area contributed by atoms with Gasteiger partial charge in [-0.15, -0.1) is 0 Å². The second kappa shape index (κ2) is 7.06. The van der Waals surface area contributed by atoms with Crippen LogP contribution in [0.3, 0.4) is 0 Å². The number of hydrogen-bond donors (Lipinski definition) is 1. The maximum absolute atomic E-state index is 13.4. The summed E-state index contributed by atoms with van der Waals surface area (Å²) in [4.78, 5) is 11.7. The maximum Gasteiger partial charge on any atom is 0.224 e. The van der Waals surface area contributed by atoms with Crippen LogP contribution in [-0.2, 0) is 17.6 Å². The van der Waals surface area contributed by atoms with Crippen molar-refractivity contribution in [1.82, 2.24) is 5.32 Å². The van der Waals surface area contributed by atoms with Crippen molar-refractivity contribution < 1.29 is 9.18 Å². The molecule has 1 amide bonds. The Kier molecular flexibility index (Phi) is 5.13. The molecule has 2 aromatic rings. The molecule has 0 unspecified atom stereocenters. The molecule has 2 aromatic carbocycles. The standard InChI is InChI=1S/C16H15ClFNO/c17-14-7-5-12(6-8-14)9-10-19-16(20)11-13-3-1-2-4-15(13)18/h1-8H,9-11H2,(H,19,20). The van der Waals surface area contributed by atoms with Crippen LogP contribution in [0.25, 0.3) is 0 Å². The van der Waals surface area contributed by atoms with E-state index < -0.39 is 0 Å². The minimum Gasteiger partial charge on any atom is -0.355 e. The fourth-order valence-corrected chi connectivity index (χ4v) is 2.00. The van der Waals surface area contributed by atoms with Crippen molar-refractivity contribution in [3.8, 4) is 0 Å².